The van der Waals surface area contributed by atoms with Crippen LogP contribution < -0.4 is 5.32 Å². The minimum atomic E-state index is -1.02. The molecular weight excluding hydrogens is 328 g/mol. The van der Waals surface area contributed by atoms with Crippen molar-refractivity contribution >= 4 is 29.0 Å². The van der Waals surface area contributed by atoms with Gasteiger partial charge in [0.15, 0.2) is 11.5 Å². The standard InChI is InChI=1S/C16H20N4O5/c1-10-18-13-3-2-11(8-14(13)25-10)17-5-4-12-9-19(15(21)22)6-7-20(12)16(23)24/h2-3,8,12,17H,4-7,9H2,1H3,(H,21,22)(H,23,24)/t12-/m1/s1. The van der Waals surface area contributed by atoms with Crippen molar-refractivity contribution in [3.8, 4) is 0 Å². The zero-order valence-electron chi connectivity index (χ0n) is 13.8. The number of hydrogen-bond donors (Lipinski definition) is 3. The fourth-order valence-corrected chi connectivity index (χ4v) is 3.06. The smallest absolute Gasteiger partial charge is 0.407 e. The number of fused-ring (bicyclic) bond motifs is 1. The van der Waals surface area contributed by atoms with Crippen molar-refractivity contribution in [2.24, 2.45) is 0 Å². The summed E-state index contributed by atoms with van der Waals surface area (Å²) in [6, 6.07) is 5.20. The molecule has 2 amide bonds. The summed E-state index contributed by atoms with van der Waals surface area (Å²) in [7, 11) is 0. The van der Waals surface area contributed by atoms with Gasteiger partial charge in [0.25, 0.3) is 0 Å². The molecule has 1 atom stereocenters. The Morgan fingerprint density at radius 2 is 2.12 bits per heavy atom. The van der Waals surface area contributed by atoms with Gasteiger partial charge in [-0.3, -0.25) is 0 Å². The molecule has 1 aromatic heterocycles. The van der Waals surface area contributed by atoms with Crippen molar-refractivity contribution in [1.29, 1.82) is 0 Å². The first-order valence-electron chi connectivity index (χ1n) is 8.02. The maximum atomic E-state index is 11.3. The first kappa shape index (κ1) is 16.9. The number of nitrogens with zero attached hydrogens (tertiary/aromatic N) is 3. The Labute approximate surface area is 143 Å². The maximum Gasteiger partial charge on any atom is 0.407 e. The molecule has 9 nitrogen and oxygen atoms in total. The van der Waals surface area contributed by atoms with Crippen LogP contribution in [0.4, 0.5) is 15.3 Å². The number of amides is 2. The van der Waals surface area contributed by atoms with Gasteiger partial charge in [0, 0.05) is 44.9 Å². The third-order valence-corrected chi connectivity index (χ3v) is 4.30. The predicted octanol–water partition coefficient (Wildman–Crippen LogP) is 2.28. The normalized spacial score (nSPS) is 17.7. The highest BCUT2D eigenvalue weighted by molar-refractivity contribution is 5.77. The molecule has 25 heavy (non-hydrogen) atoms. The van der Waals surface area contributed by atoms with Crippen LogP contribution >= 0.6 is 0 Å². The molecule has 0 radical (unpaired) electrons. The molecule has 0 spiro atoms. The molecule has 0 saturated carbocycles. The van der Waals surface area contributed by atoms with Gasteiger partial charge in [-0.1, -0.05) is 0 Å². The highest BCUT2D eigenvalue weighted by Gasteiger charge is 2.31. The molecule has 1 fully saturated rings. The Kier molecular flexibility index (Phi) is 4.64. The lowest BCUT2D eigenvalue weighted by Crippen LogP contribution is -2.56. The first-order valence-corrected chi connectivity index (χ1v) is 8.02. The molecule has 2 heterocycles. The first-order chi connectivity index (χ1) is 11.9. The van der Waals surface area contributed by atoms with Crippen molar-refractivity contribution in [2.75, 3.05) is 31.5 Å². The van der Waals surface area contributed by atoms with E-state index in [9.17, 15) is 14.7 Å². The molecule has 3 N–H and O–H groups in total. The van der Waals surface area contributed by atoms with E-state index in [1.807, 2.05) is 18.2 Å². The molecule has 0 unspecified atom stereocenters. The lowest BCUT2D eigenvalue weighted by molar-refractivity contribution is 0.0622. The lowest BCUT2D eigenvalue weighted by atomic mass is 10.1. The van der Waals surface area contributed by atoms with E-state index in [4.69, 9.17) is 9.52 Å². The van der Waals surface area contributed by atoms with E-state index >= 15 is 0 Å². The average Bonchev–Trinajstić information content (AvgIpc) is 2.93. The van der Waals surface area contributed by atoms with Crippen molar-refractivity contribution in [1.82, 2.24) is 14.8 Å². The van der Waals surface area contributed by atoms with Gasteiger partial charge in [0.1, 0.15) is 5.52 Å². The van der Waals surface area contributed by atoms with Crippen LogP contribution in [0.1, 0.15) is 12.3 Å². The maximum absolute atomic E-state index is 11.3. The average molecular weight is 348 g/mol. The van der Waals surface area contributed by atoms with E-state index in [-0.39, 0.29) is 25.7 Å². The third kappa shape index (κ3) is 3.76. The summed E-state index contributed by atoms with van der Waals surface area (Å²) in [5.74, 6) is 0.597. The summed E-state index contributed by atoms with van der Waals surface area (Å²) in [5.41, 5.74) is 2.31. The Bertz CT molecular complexity index is 790. The van der Waals surface area contributed by atoms with Crippen LogP contribution in [-0.2, 0) is 0 Å². The summed E-state index contributed by atoms with van der Waals surface area (Å²) in [6.07, 6.45) is -1.54. The van der Waals surface area contributed by atoms with E-state index in [1.165, 1.54) is 9.80 Å². The van der Waals surface area contributed by atoms with Crippen LogP contribution in [0, 0.1) is 6.92 Å². The SMILES string of the molecule is Cc1nc2ccc(NCC[C@@H]3CN(C(=O)O)CCN3C(=O)O)cc2o1. The molecule has 1 saturated heterocycles. The second-order valence-electron chi connectivity index (χ2n) is 5.99. The third-order valence-electron chi connectivity index (χ3n) is 4.30. The van der Waals surface area contributed by atoms with Gasteiger partial charge < -0.3 is 29.7 Å². The van der Waals surface area contributed by atoms with Gasteiger partial charge in [-0.05, 0) is 18.6 Å². The largest absolute Gasteiger partial charge is 0.465 e. The van der Waals surface area contributed by atoms with E-state index in [2.05, 4.69) is 10.3 Å². The minimum absolute atomic E-state index is 0.184. The van der Waals surface area contributed by atoms with Crippen LogP contribution in [0.5, 0.6) is 0 Å². The fraction of sp³-hybridized carbons (Fsp3) is 0.438. The second-order valence-corrected chi connectivity index (χ2v) is 5.99. The molecule has 1 aliphatic rings. The molecular formula is C16H20N4O5. The summed E-state index contributed by atoms with van der Waals surface area (Å²) < 4.78 is 5.48. The number of oxazole rings is 1. The number of nitrogens with one attached hydrogen (secondary N) is 1. The molecule has 1 aliphatic heterocycles. The van der Waals surface area contributed by atoms with Crippen LogP contribution in [0.2, 0.25) is 0 Å². The fourth-order valence-electron chi connectivity index (χ4n) is 3.06. The molecule has 0 aliphatic carbocycles. The summed E-state index contributed by atoms with van der Waals surface area (Å²) in [6.45, 7) is 2.87. The van der Waals surface area contributed by atoms with Gasteiger partial charge in [-0.25, -0.2) is 14.6 Å². The van der Waals surface area contributed by atoms with Crippen molar-refractivity contribution in [3.05, 3.63) is 24.1 Å². The number of hydrogen-bond acceptors (Lipinski definition) is 5. The van der Waals surface area contributed by atoms with Crippen molar-refractivity contribution < 1.29 is 24.2 Å². The highest BCUT2D eigenvalue weighted by Crippen LogP contribution is 2.20. The van der Waals surface area contributed by atoms with E-state index < -0.39 is 12.2 Å². The molecule has 9 heteroatoms. The Hall–Kier alpha value is -2.97. The van der Waals surface area contributed by atoms with Gasteiger partial charge in [-0.15, -0.1) is 0 Å². The summed E-state index contributed by atoms with van der Waals surface area (Å²) in [5, 5.41) is 21.6. The van der Waals surface area contributed by atoms with Gasteiger partial charge >= 0.3 is 12.2 Å². The van der Waals surface area contributed by atoms with E-state index in [1.54, 1.807) is 6.92 Å². The minimum Gasteiger partial charge on any atom is -0.465 e. The number of anilines is 1. The van der Waals surface area contributed by atoms with Crippen molar-refractivity contribution in [2.45, 2.75) is 19.4 Å². The number of carbonyl (C=O) groups is 2. The zero-order chi connectivity index (χ0) is 18.0. The Balaban J connectivity index is 1.61. The lowest BCUT2D eigenvalue weighted by Gasteiger charge is -2.38. The summed E-state index contributed by atoms with van der Waals surface area (Å²) in [4.78, 5) is 29.3. The van der Waals surface area contributed by atoms with Gasteiger partial charge in [0.05, 0.1) is 6.04 Å². The Morgan fingerprint density at radius 3 is 2.84 bits per heavy atom. The quantitative estimate of drug-likeness (QED) is 0.775. The van der Waals surface area contributed by atoms with Gasteiger partial charge in [-0.2, -0.15) is 0 Å². The number of piperazine rings is 1. The topological polar surface area (TPSA) is 119 Å². The zero-order valence-corrected chi connectivity index (χ0v) is 13.8. The molecule has 2 aromatic rings. The molecule has 0 bridgehead atoms. The predicted molar refractivity (Wildman–Crippen MR) is 90.0 cm³/mol. The Morgan fingerprint density at radius 1 is 1.32 bits per heavy atom. The van der Waals surface area contributed by atoms with E-state index in [0.717, 1.165) is 11.2 Å². The monoisotopic (exact) mass is 348 g/mol. The number of benzene rings is 1. The second kappa shape index (κ2) is 6.88. The number of aryl methyl sites for hydroxylation is 1. The van der Waals surface area contributed by atoms with Crippen LogP contribution in [0.3, 0.4) is 0 Å². The number of carboxylic acid groups (broad SMARTS) is 2. The highest BCUT2D eigenvalue weighted by atomic mass is 16.4. The van der Waals surface area contributed by atoms with E-state index in [0.29, 0.717) is 24.4 Å². The van der Waals surface area contributed by atoms with Crippen LogP contribution in [0.15, 0.2) is 22.6 Å². The van der Waals surface area contributed by atoms with Crippen molar-refractivity contribution in [3.63, 3.8) is 0 Å². The van der Waals surface area contributed by atoms with Gasteiger partial charge in [0.2, 0.25) is 0 Å². The molecule has 134 valence electrons. The number of rotatable bonds is 4. The summed E-state index contributed by atoms with van der Waals surface area (Å²) >= 11 is 0. The van der Waals surface area contributed by atoms with Crippen LogP contribution in [-0.4, -0.2) is 69.4 Å². The van der Waals surface area contributed by atoms with Crippen LogP contribution in [0.25, 0.3) is 11.1 Å². The molecule has 1 aromatic carbocycles. The molecule has 3 rings (SSSR count). The number of aromatic nitrogens is 1.